The molecule has 0 N–H and O–H groups in total. The number of rotatable bonds is 39. The van der Waals surface area contributed by atoms with Crippen LogP contribution in [0.1, 0.15) is 194 Å². The molecular weight excluding hydrogens is 697 g/mol. The van der Waals surface area contributed by atoms with Gasteiger partial charge in [-0.15, -0.1) is 0 Å². The summed E-state index contributed by atoms with van der Waals surface area (Å²) in [5.41, 5.74) is 0. The van der Waals surface area contributed by atoms with Gasteiger partial charge in [-0.2, -0.15) is 0 Å². The van der Waals surface area contributed by atoms with Crippen molar-refractivity contribution in [3.8, 4) is 0 Å². The predicted molar refractivity (Wildman–Crippen MR) is 237 cm³/mol. The normalized spacial score (nSPS) is 12.8. The first-order chi connectivity index (χ1) is 27.5. The molecular formula is C50H82O6. The minimum atomic E-state index is -0.805. The molecule has 0 aliphatic carbocycles. The smallest absolute Gasteiger partial charge is 0.306 e. The number of carbonyl (C=O) groups is 3. The third-order valence-electron chi connectivity index (χ3n) is 9.10. The van der Waals surface area contributed by atoms with E-state index in [-0.39, 0.29) is 37.5 Å². The minimum Gasteiger partial charge on any atom is -0.462 e. The first kappa shape index (κ1) is 52.6. The molecule has 0 rings (SSSR count). The van der Waals surface area contributed by atoms with Gasteiger partial charge >= 0.3 is 17.9 Å². The molecule has 0 heterocycles. The average molecular weight is 779 g/mol. The fraction of sp³-hybridized carbons (Fsp3) is 0.660. The zero-order valence-corrected chi connectivity index (χ0v) is 36.1. The van der Waals surface area contributed by atoms with Gasteiger partial charge in [0, 0.05) is 19.3 Å². The van der Waals surface area contributed by atoms with Crippen molar-refractivity contribution in [2.24, 2.45) is 0 Å². The summed E-state index contributed by atoms with van der Waals surface area (Å²) in [6.07, 6.45) is 55.7. The molecule has 0 aromatic heterocycles. The van der Waals surface area contributed by atoms with E-state index in [1.807, 2.05) is 0 Å². The lowest BCUT2D eigenvalue weighted by Crippen LogP contribution is -2.30. The molecule has 0 amide bonds. The van der Waals surface area contributed by atoms with Crippen LogP contribution in [0.3, 0.4) is 0 Å². The van der Waals surface area contributed by atoms with E-state index in [2.05, 4.69) is 106 Å². The van der Waals surface area contributed by atoms with E-state index in [1.165, 1.54) is 38.5 Å². The fourth-order valence-electron chi connectivity index (χ4n) is 5.67. The molecule has 0 saturated carbocycles. The van der Waals surface area contributed by atoms with Crippen molar-refractivity contribution in [1.29, 1.82) is 0 Å². The molecule has 1 unspecified atom stereocenters. The van der Waals surface area contributed by atoms with Gasteiger partial charge in [-0.25, -0.2) is 0 Å². The van der Waals surface area contributed by atoms with E-state index in [0.29, 0.717) is 19.3 Å². The summed E-state index contributed by atoms with van der Waals surface area (Å²) in [6, 6.07) is 0. The lowest BCUT2D eigenvalue weighted by atomic mass is 10.1. The Labute approximate surface area is 344 Å². The third-order valence-corrected chi connectivity index (χ3v) is 9.10. The summed E-state index contributed by atoms with van der Waals surface area (Å²) in [5.74, 6) is -0.998. The van der Waals surface area contributed by atoms with Gasteiger partial charge < -0.3 is 14.2 Å². The van der Waals surface area contributed by atoms with Crippen LogP contribution in [0.15, 0.2) is 85.1 Å². The molecule has 1 atom stereocenters. The summed E-state index contributed by atoms with van der Waals surface area (Å²) in [5, 5.41) is 0. The Balaban J connectivity index is 4.49. The average Bonchev–Trinajstić information content (AvgIpc) is 3.19. The number of esters is 3. The van der Waals surface area contributed by atoms with Gasteiger partial charge in [-0.3, -0.25) is 14.4 Å². The van der Waals surface area contributed by atoms with Gasteiger partial charge in [-0.1, -0.05) is 164 Å². The van der Waals surface area contributed by atoms with E-state index in [9.17, 15) is 14.4 Å². The van der Waals surface area contributed by atoms with Gasteiger partial charge in [0.2, 0.25) is 0 Å². The summed E-state index contributed by atoms with van der Waals surface area (Å²) >= 11 is 0. The second-order valence-electron chi connectivity index (χ2n) is 14.6. The van der Waals surface area contributed by atoms with Gasteiger partial charge in [0.25, 0.3) is 0 Å². The van der Waals surface area contributed by atoms with E-state index in [1.54, 1.807) is 0 Å². The van der Waals surface area contributed by atoms with Crippen LogP contribution in [-0.4, -0.2) is 37.2 Å². The van der Waals surface area contributed by atoms with Crippen molar-refractivity contribution in [1.82, 2.24) is 0 Å². The maximum Gasteiger partial charge on any atom is 0.306 e. The highest BCUT2D eigenvalue weighted by molar-refractivity contribution is 5.71. The molecule has 0 aliphatic heterocycles. The fourth-order valence-corrected chi connectivity index (χ4v) is 5.67. The molecule has 318 valence electrons. The maximum atomic E-state index is 12.7. The number of unbranched alkanes of at least 4 members (excludes halogenated alkanes) is 14. The van der Waals surface area contributed by atoms with E-state index in [4.69, 9.17) is 14.2 Å². The zero-order valence-electron chi connectivity index (χ0n) is 36.1. The molecule has 0 spiro atoms. The summed E-state index contributed by atoms with van der Waals surface area (Å²) in [4.78, 5) is 37.7. The molecule has 0 aliphatic rings. The van der Waals surface area contributed by atoms with Crippen LogP contribution in [0.2, 0.25) is 0 Å². The number of hydrogen-bond donors (Lipinski definition) is 0. The van der Waals surface area contributed by atoms with Crippen molar-refractivity contribution in [2.45, 2.75) is 200 Å². The van der Waals surface area contributed by atoms with Crippen LogP contribution >= 0.6 is 0 Å². The monoisotopic (exact) mass is 779 g/mol. The van der Waals surface area contributed by atoms with Crippen molar-refractivity contribution in [3.05, 3.63) is 85.1 Å². The SMILES string of the molecule is CC/C=C\C/C=C\C/C=C\C/C=C\C/C=C\CCCC(=O)OCC(COC(=O)CCCCCC/C=C\CCCC)OC(=O)CCCCCCC/C=C\CCCC. The highest BCUT2D eigenvalue weighted by Gasteiger charge is 2.19. The number of hydrogen-bond acceptors (Lipinski definition) is 6. The number of ether oxygens (including phenoxy) is 3. The van der Waals surface area contributed by atoms with Crippen LogP contribution in [-0.2, 0) is 28.6 Å². The topological polar surface area (TPSA) is 78.9 Å². The second kappa shape index (κ2) is 44.3. The third kappa shape index (κ3) is 41.7. The Bertz CT molecular complexity index is 1120. The lowest BCUT2D eigenvalue weighted by molar-refractivity contribution is -0.167. The van der Waals surface area contributed by atoms with Crippen LogP contribution in [0, 0.1) is 0 Å². The molecule has 56 heavy (non-hydrogen) atoms. The van der Waals surface area contributed by atoms with Crippen LogP contribution in [0.5, 0.6) is 0 Å². The summed E-state index contributed by atoms with van der Waals surface area (Å²) in [6.45, 7) is 6.34. The van der Waals surface area contributed by atoms with Crippen LogP contribution < -0.4 is 0 Å². The highest BCUT2D eigenvalue weighted by Crippen LogP contribution is 2.12. The molecule has 0 saturated heterocycles. The minimum absolute atomic E-state index is 0.105. The number of allylic oxidation sites excluding steroid dienone is 14. The van der Waals surface area contributed by atoms with Crippen molar-refractivity contribution < 1.29 is 28.6 Å². The van der Waals surface area contributed by atoms with Crippen molar-refractivity contribution >= 4 is 17.9 Å². The van der Waals surface area contributed by atoms with Gasteiger partial charge in [0.1, 0.15) is 13.2 Å². The predicted octanol–water partition coefficient (Wildman–Crippen LogP) is 14.5. The lowest BCUT2D eigenvalue weighted by Gasteiger charge is -2.18. The van der Waals surface area contributed by atoms with E-state index in [0.717, 1.165) is 109 Å². The standard InChI is InChI=1S/C50H82O6/c1-4-7-10-13-16-19-22-23-24-25-26-27-29-31-34-37-40-43-49(52)55-46-47(45-54-48(51)42-39-36-33-30-21-18-15-12-9-6-3)56-50(53)44-41-38-35-32-28-20-17-14-11-8-5-2/h7,10,14-19,23-24,26-27,31,34,47H,4-6,8-9,11-13,20-22,25,28-30,32-33,35-46H2,1-3H3/b10-7-,17-14-,18-15-,19-16-,24-23-,27-26-,34-31-. The van der Waals surface area contributed by atoms with Gasteiger partial charge in [0.15, 0.2) is 6.10 Å². The summed E-state index contributed by atoms with van der Waals surface area (Å²) in [7, 11) is 0. The molecule has 0 aromatic carbocycles. The Hall–Kier alpha value is -3.41. The Morgan fingerprint density at radius 3 is 1.18 bits per heavy atom. The quantitative estimate of drug-likeness (QED) is 0.0268. The van der Waals surface area contributed by atoms with E-state index >= 15 is 0 Å². The second-order valence-corrected chi connectivity index (χ2v) is 14.6. The number of carbonyl (C=O) groups excluding carboxylic acids is 3. The van der Waals surface area contributed by atoms with E-state index < -0.39 is 6.10 Å². The van der Waals surface area contributed by atoms with Crippen LogP contribution in [0.4, 0.5) is 0 Å². The van der Waals surface area contributed by atoms with Gasteiger partial charge in [0.05, 0.1) is 0 Å². The largest absolute Gasteiger partial charge is 0.462 e. The highest BCUT2D eigenvalue weighted by atomic mass is 16.6. The van der Waals surface area contributed by atoms with Crippen LogP contribution in [0.25, 0.3) is 0 Å². The Kier molecular flexibility index (Phi) is 41.6. The first-order valence-electron chi connectivity index (χ1n) is 22.6. The van der Waals surface area contributed by atoms with Gasteiger partial charge in [-0.05, 0) is 96.3 Å². The molecule has 0 radical (unpaired) electrons. The maximum absolute atomic E-state index is 12.7. The molecule has 0 aromatic rings. The van der Waals surface area contributed by atoms with Crippen molar-refractivity contribution in [2.75, 3.05) is 13.2 Å². The molecule has 6 nitrogen and oxygen atoms in total. The Morgan fingerprint density at radius 2 is 0.714 bits per heavy atom. The zero-order chi connectivity index (χ0) is 40.8. The molecule has 0 bridgehead atoms. The molecule has 0 fully saturated rings. The van der Waals surface area contributed by atoms with Crippen molar-refractivity contribution in [3.63, 3.8) is 0 Å². The first-order valence-corrected chi connectivity index (χ1v) is 22.6. The molecule has 6 heteroatoms. The summed E-state index contributed by atoms with van der Waals surface area (Å²) < 4.78 is 16.6. The Morgan fingerprint density at radius 1 is 0.375 bits per heavy atom.